The smallest absolute Gasteiger partial charge is 0.265 e. The molecule has 0 saturated heterocycles. The summed E-state index contributed by atoms with van der Waals surface area (Å²) in [5, 5.41) is 7.02. The number of rotatable bonds is 4. The molecular formula is C18H15BrN4O3. The Labute approximate surface area is 157 Å². The van der Waals surface area contributed by atoms with Gasteiger partial charge in [-0.25, -0.2) is 4.52 Å². The maximum Gasteiger partial charge on any atom is 0.265 e. The predicted molar refractivity (Wildman–Crippen MR) is 99.5 cm³/mol. The SMILES string of the molecule is O=C(NCCN1C(=O)COc2ccccc21)c1ccc2c(Br)cnn2c1. The molecule has 0 atom stereocenters. The maximum atomic E-state index is 12.4. The molecule has 8 heteroatoms. The second kappa shape index (κ2) is 6.80. The molecule has 132 valence electrons. The molecule has 0 fully saturated rings. The molecule has 1 aliphatic rings. The van der Waals surface area contributed by atoms with Crippen molar-refractivity contribution in [3.05, 3.63) is 58.8 Å². The van der Waals surface area contributed by atoms with E-state index in [1.54, 1.807) is 27.9 Å². The number of aromatic nitrogens is 2. The molecule has 3 aromatic rings. The minimum absolute atomic E-state index is 0.00973. The molecule has 0 saturated carbocycles. The number of anilines is 1. The van der Waals surface area contributed by atoms with Crippen LogP contribution in [0.2, 0.25) is 0 Å². The summed E-state index contributed by atoms with van der Waals surface area (Å²) in [5.74, 6) is 0.335. The maximum absolute atomic E-state index is 12.4. The number of nitrogens with zero attached hydrogens (tertiary/aromatic N) is 3. The number of para-hydroxylation sites is 2. The zero-order valence-corrected chi connectivity index (χ0v) is 15.3. The lowest BCUT2D eigenvalue weighted by atomic mass is 10.2. The highest BCUT2D eigenvalue weighted by Crippen LogP contribution is 2.30. The van der Waals surface area contributed by atoms with E-state index >= 15 is 0 Å². The van der Waals surface area contributed by atoms with Gasteiger partial charge in [0.15, 0.2) is 6.61 Å². The summed E-state index contributed by atoms with van der Waals surface area (Å²) in [6.07, 6.45) is 3.35. The Kier molecular flexibility index (Phi) is 4.34. The molecule has 2 aromatic heterocycles. The summed E-state index contributed by atoms with van der Waals surface area (Å²) in [6, 6.07) is 10.9. The van der Waals surface area contributed by atoms with Gasteiger partial charge in [0.1, 0.15) is 5.75 Å². The van der Waals surface area contributed by atoms with Crippen molar-refractivity contribution < 1.29 is 14.3 Å². The average Bonchev–Trinajstić information content (AvgIpc) is 3.04. The number of ether oxygens (including phenoxy) is 1. The van der Waals surface area contributed by atoms with E-state index < -0.39 is 0 Å². The Balaban J connectivity index is 1.42. The highest BCUT2D eigenvalue weighted by molar-refractivity contribution is 9.10. The van der Waals surface area contributed by atoms with Crippen LogP contribution in [0.15, 0.2) is 53.3 Å². The standard InChI is InChI=1S/C18H15BrN4O3/c19-13-9-21-23-10-12(5-6-14(13)23)18(25)20-7-8-22-15-3-1-2-4-16(15)26-11-17(22)24/h1-6,9-10H,7-8,11H2,(H,20,25). The van der Waals surface area contributed by atoms with Crippen LogP contribution in [0.1, 0.15) is 10.4 Å². The Hall–Kier alpha value is -2.87. The lowest BCUT2D eigenvalue weighted by Gasteiger charge is -2.29. The van der Waals surface area contributed by atoms with Crippen LogP contribution in [0.5, 0.6) is 5.75 Å². The van der Waals surface area contributed by atoms with Gasteiger partial charge < -0.3 is 15.0 Å². The number of fused-ring (bicyclic) bond motifs is 2. The lowest BCUT2D eigenvalue weighted by Crippen LogP contribution is -2.43. The molecule has 4 rings (SSSR count). The molecule has 26 heavy (non-hydrogen) atoms. The van der Waals surface area contributed by atoms with Crippen molar-refractivity contribution in [1.82, 2.24) is 14.9 Å². The van der Waals surface area contributed by atoms with Crippen LogP contribution in [0.4, 0.5) is 5.69 Å². The normalized spacial score (nSPS) is 13.4. The number of nitrogens with one attached hydrogen (secondary N) is 1. The molecule has 7 nitrogen and oxygen atoms in total. The molecule has 2 amide bonds. The number of pyridine rings is 1. The second-order valence-electron chi connectivity index (χ2n) is 5.80. The van der Waals surface area contributed by atoms with Crippen molar-refractivity contribution in [3.63, 3.8) is 0 Å². The molecule has 0 unspecified atom stereocenters. The van der Waals surface area contributed by atoms with Crippen LogP contribution in [0, 0.1) is 0 Å². The number of amides is 2. The first-order valence-corrected chi connectivity index (χ1v) is 8.86. The van der Waals surface area contributed by atoms with Crippen LogP contribution < -0.4 is 15.0 Å². The number of hydrogen-bond acceptors (Lipinski definition) is 4. The quantitative estimate of drug-likeness (QED) is 0.710. The summed E-state index contributed by atoms with van der Waals surface area (Å²) >= 11 is 3.40. The van der Waals surface area contributed by atoms with E-state index in [9.17, 15) is 9.59 Å². The summed E-state index contributed by atoms with van der Waals surface area (Å²) < 4.78 is 7.92. The monoisotopic (exact) mass is 414 g/mol. The molecular weight excluding hydrogens is 400 g/mol. The van der Waals surface area contributed by atoms with E-state index in [2.05, 4.69) is 26.3 Å². The van der Waals surface area contributed by atoms with Crippen molar-refractivity contribution in [2.75, 3.05) is 24.6 Å². The Morgan fingerprint density at radius 1 is 1.27 bits per heavy atom. The largest absolute Gasteiger partial charge is 0.482 e. The molecule has 1 aliphatic heterocycles. The van der Waals surface area contributed by atoms with Crippen molar-refractivity contribution in [2.24, 2.45) is 0 Å². The zero-order chi connectivity index (χ0) is 18.1. The van der Waals surface area contributed by atoms with Crippen LogP contribution in [0.25, 0.3) is 5.52 Å². The van der Waals surface area contributed by atoms with Crippen molar-refractivity contribution in [1.29, 1.82) is 0 Å². The fourth-order valence-corrected chi connectivity index (χ4v) is 3.28. The fraction of sp³-hybridized carbons (Fsp3) is 0.167. The van der Waals surface area contributed by atoms with Gasteiger partial charge in [0.05, 0.1) is 27.4 Å². The van der Waals surface area contributed by atoms with Gasteiger partial charge in [0.2, 0.25) is 0 Å². The first-order chi connectivity index (χ1) is 12.6. The van der Waals surface area contributed by atoms with Gasteiger partial charge in [0, 0.05) is 19.3 Å². The summed E-state index contributed by atoms with van der Waals surface area (Å²) in [5.41, 5.74) is 2.11. The first-order valence-electron chi connectivity index (χ1n) is 8.07. The second-order valence-corrected chi connectivity index (χ2v) is 6.65. The highest BCUT2D eigenvalue weighted by Gasteiger charge is 2.24. The van der Waals surface area contributed by atoms with E-state index in [0.29, 0.717) is 24.4 Å². The van der Waals surface area contributed by atoms with Crippen molar-refractivity contribution >= 4 is 38.9 Å². The van der Waals surface area contributed by atoms with Gasteiger partial charge in [0.25, 0.3) is 11.8 Å². The summed E-state index contributed by atoms with van der Waals surface area (Å²) in [4.78, 5) is 26.1. The number of benzene rings is 1. The van der Waals surface area contributed by atoms with Crippen LogP contribution in [0.3, 0.4) is 0 Å². The van der Waals surface area contributed by atoms with Crippen LogP contribution in [-0.2, 0) is 4.79 Å². The zero-order valence-electron chi connectivity index (χ0n) is 13.7. The van der Waals surface area contributed by atoms with E-state index in [1.807, 2.05) is 30.3 Å². The van der Waals surface area contributed by atoms with E-state index in [4.69, 9.17) is 4.74 Å². The number of carbonyl (C=O) groups excluding carboxylic acids is 2. The van der Waals surface area contributed by atoms with Gasteiger partial charge in [-0.1, -0.05) is 12.1 Å². The Morgan fingerprint density at radius 3 is 3.00 bits per heavy atom. The van der Waals surface area contributed by atoms with Gasteiger partial charge in [-0.05, 0) is 40.2 Å². The lowest BCUT2D eigenvalue weighted by molar-refractivity contribution is -0.121. The highest BCUT2D eigenvalue weighted by atomic mass is 79.9. The number of hydrogen-bond donors (Lipinski definition) is 1. The third-order valence-corrected chi connectivity index (χ3v) is 4.77. The molecule has 1 aromatic carbocycles. The molecule has 0 radical (unpaired) electrons. The van der Waals surface area contributed by atoms with Gasteiger partial charge in [-0.15, -0.1) is 0 Å². The third kappa shape index (κ3) is 3.03. The van der Waals surface area contributed by atoms with E-state index in [1.165, 1.54) is 0 Å². The number of carbonyl (C=O) groups is 2. The van der Waals surface area contributed by atoms with Crippen molar-refractivity contribution in [3.8, 4) is 5.75 Å². The van der Waals surface area contributed by atoms with Crippen molar-refractivity contribution in [2.45, 2.75) is 0 Å². The van der Waals surface area contributed by atoms with Gasteiger partial charge >= 0.3 is 0 Å². The Bertz CT molecular complexity index is 1000. The van der Waals surface area contributed by atoms with Gasteiger partial charge in [-0.2, -0.15) is 5.10 Å². The predicted octanol–water partition coefficient (Wildman–Crippen LogP) is 2.25. The van der Waals surface area contributed by atoms with Gasteiger partial charge in [-0.3, -0.25) is 9.59 Å². The Morgan fingerprint density at radius 2 is 2.12 bits per heavy atom. The van der Waals surface area contributed by atoms with E-state index in [0.717, 1.165) is 15.7 Å². The molecule has 0 aliphatic carbocycles. The number of halogens is 1. The average molecular weight is 415 g/mol. The molecule has 1 N–H and O–H groups in total. The molecule has 0 spiro atoms. The summed E-state index contributed by atoms with van der Waals surface area (Å²) in [6.45, 7) is 0.718. The fourth-order valence-electron chi connectivity index (χ4n) is 2.87. The minimum Gasteiger partial charge on any atom is -0.482 e. The van der Waals surface area contributed by atoms with E-state index in [-0.39, 0.29) is 18.4 Å². The van der Waals surface area contributed by atoms with Crippen LogP contribution in [-0.4, -0.2) is 41.1 Å². The summed E-state index contributed by atoms with van der Waals surface area (Å²) in [7, 11) is 0. The molecule has 3 heterocycles. The third-order valence-electron chi connectivity index (χ3n) is 4.16. The van der Waals surface area contributed by atoms with Crippen LogP contribution >= 0.6 is 15.9 Å². The first kappa shape index (κ1) is 16.6. The minimum atomic E-state index is -0.215. The topological polar surface area (TPSA) is 75.9 Å². The molecule has 0 bridgehead atoms.